The van der Waals surface area contributed by atoms with Crippen molar-refractivity contribution < 1.29 is 9.53 Å². The number of aromatic nitrogens is 2. The topological polar surface area (TPSA) is 82.3 Å². The van der Waals surface area contributed by atoms with E-state index in [9.17, 15) is 4.79 Å². The molecule has 0 aliphatic carbocycles. The van der Waals surface area contributed by atoms with Crippen molar-refractivity contribution in [1.29, 1.82) is 0 Å². The van der Waals surface area contributed by atoms with Crippen molar-refractivity contribution in [3.05, 3.63) is 60.0 Å². The minimum atomic E-state index is -0.140. The summed E-state index contributed by atoms with van der Waals surface area (Å²) >= 11 is 0. The standard InChI is InChI=1S/C22H27N5O2/c28-22(25-9-10-27-11-13-29-14-12-27)21-15-18(6-8-24-21)23-7-5-17-16-26-20-4-2-1-3-19(17)20/h1-4,6,8,15-16,26H,5,7,9-14H2,(H,23,24)(H,25,28). The van der Waals surface area contributed by atoms with Crippen LogP contribution < -0.4 is 10.6 Å². The molecule has 0 radical (unpaired) electrons. The van der Waals surface area contributed by atoms with Crippen molar-refractivity contribution in [1.82, 2.24) is 20.2 Å². The molecule has 1 fully saturated rings. The second-order valence-corrected chi connectivity index (χ2v) is 7.18. The predicted octanol–water partition coefficient (Wildman–Crippen LogP) is 2.28. The molecular formula is C22H27N5O2. The summed E-state index contributed by atoms with van der Waals surface area (Å²) in [7, 11) is 0. The number of ether oxygens (including phenoxy) is 1. The lowest BCUT2D eigenvalue weighted by Gasteiger charge is -2.26. The van der Waals surface area contributed by atoms with Crippen molar-refractivity contribution in [3.8, 4) is 0 Å². The van der Waals surface area contributed by atoms with E-state index >= 15 is 0 Å². The number of amides is 1. The lowest BCUT2D eigenvalue weighted by atomic mass is 10.1. The number of aromatic amines is 1. The Morgan fingerprint density at radius 1 is 1.17 bits per heavy atom. The first-order valence-electron chi connectivity index (χ1n) is 10.1. The van der Waals surface area contributed by atoms with Gasteiger partial charge in [-0.05, 0) is 30.2 Å². The van der Waals surface area contributed by atoms with Gasteiger partial charge in [-0.25, -0.2) is 0 Å². The van der Waals surface area contributed by atoms with Crippen LogP contribution in [0.25, 0.3) is 10.9 Å². The number of rotatable bonds is 8. The SMILES string of the molecule is O=C(NCCN1CCOCC1)c1cc(NCCc2c[nH]c3ccccc23)ccn1. The molecule has 0 saturated carbocycles. The van der Waals surface area contributed by atoms with Gasteiger partial charge in [0, 0.05) is 61.7 Å². The fraction of sp³-hybridized carbons (Fsp3) is 0.364. The van der Waals surface area contributed by atoms with Gasteiger partial charge in [0.15, 0.2) is 0 Å². The number of para-hydroxylation sites is 1. The molecule has 152 valence electrons. The summed E-state index contributed by atoms with van der Waals surface area (Å²) in [5.41, 5.74) is 3.77. The zero-order valence-electron chi connectivity index (χ0n) is 16.5. The van der Waals surface area contributed by atoms with Crippen LogP contribution >= 0.6 is 0 Å². The zero-order chi connectivity index (χ0) is 19.9. The molecule has 3 N–H and O–H groups in total. The molecule has 1 aliphatic heterocycles. The van der Waals surface area contributed by atoms with E-state index in [1.807, 2.05) is 12.1 Å². The summed E-state index contributed by atoms with van der Waals surface area (Å²) in [4.78, 5) is 22.2. The van der Waals surface area contributed by atoms with Gasteiger partial charge < -0.3 is 20.4 Å². The summed E-state index contributed by atoms with van der Waals surface area (Å²) in [5, 5.41) is 7.60. The average molecular weight is 393 g/mol. The van der Waals surface area contributed by atoms with Gasteiger partial charge in [0.2, 0.25) is 0 Å². The van der Waals surface area contributed by atoms with Gasteiger partial charge in [-0.1, -0.05) is 18.2 Å². The molecule has 4 rings (SSSR count). The fourth-order valence-electron chi connectivity index (χ4n) is 3.59. The van der Waals surface area contributed by atoms with Gasteiger partial charge in [-0.3, -0.25) is 14.7 Å². The Kier molecular flexibility index (Phi) is 6.38. The van der Waals surface area contributed by atoms with Crippen LogP contribution in [0.3, 0.4) is 0 Å². The Labute approximate surface area is 170 Å². The van der Waals surface area contributed by atoms with Crippen molar-refractivity contribution in [2.75, 3.05) is 51.3 Å². The Bertz CT molecular complexity index is 949. The van der Waals surface area contributed by atoms with Crippen molar-refractivity contribution in [2.45, 2.75) is 6.42 Å². The Balaban J connectivity index is 1.26. The summed E-state index contributed by atoms with van der Waals surface area (Å²) in [5.74, 6) is -0.140. The Morgan fingerprint density at radius 3 is 2.93 bits per heavy atom. The molecule has 7 heteroatoms. The Morgan fingerprint density at radius 2 is 2.03 bits per heavy atom. The average Bonchev–Trinajstić information content (AvgIpc) is 3.18. The highest BCUT2D eigenvalue weighted by atomic mass is 16.5. The van der Waals surface area contributed by atoms with Crippen LogP contribution in [0.1, 0.15) is 16.1 Å². The molecule has 3 aromatic rings. The monoisotopic (exact) mass is 393 g/mol. The summed E-state index contributed by atoms with van der Waals surface area (Å²) in [6.07, 6.45) is 4.63. The van der Waals surface area contributed by atoms with E-state index in [-0.39, 0.29) is 5.91 Å². The number of nitrogens with one attached hydrogen (secondary N) is 3. The number of anilines is 1. The molecule has 1 aliphatic rings. The van der Waals surface area contributed by atoms with Gasteiger partial charge in [-0.2, -0.15) is 0 Å². The molecule has 7 nitrogen and oxygen atoms in total. The molecule has 1 aromatic carbocycles. The minimum Gasteiger partial charge on any atom is -0.385 e. The van der Waals surface area contributed by atoms with E-state index in [1.54, 1.807) is 12.3 Å². The van der Waals surface area contributed by atoms with E-state index < -0.39 is 0 Å². The maximum absolute atomic E-state index is 12.4. The third kappa shape index (κ3) is 5.13. The third-order valence-electron chi connectivity index (χ3n) is 5.21. The van der Waals surface area contributed by atoms with Gasteiger partial charge in [0.25, 0.3) is 5.91 Å². The van der Waals surface area contributed by atoms with Gasteiger partial charge in [0.1, 0.15) is 5.69 Å². The maximum Gasteiger partial charge on any atom is 0.269 e. The quantitative estimate of drug-likeness (QED) is 0.547. The van der Waals surface area contributed by atoms with Crippen molar-refractivity contribution in [2.24, 2.45) is 0 Å². The van der Waals surface area contributed by atoms with Gasteiger partial charge >= 0.3 is 0 Å². The molecular weight excluding hydrogens is 366 g/mol. The van der Waals surface area contributed by atoms with Crippen LogP contribution in [-0.4, -0.2) is 66.7 Å². The highest BCUT2D eigenvalue weighted by Crippen LogP contribution is 2.18. The number of carbonyl (C=O) groups excluding carboxylic acids is 1. The van der Waals surface area contributed by atoms with Crippen LogP contribution in [0.15, 0.2) is 48.8 Å². The van der Waals surface area contributed by atoms with E-state index in [4.69, 9.17) is 4.74 Å². The normalized spacial score (nSPS) is 14.8. The highest BCUT2D eigenvalue weighted by molar-refractivity contribution is 5.93. The fourth-order valence-corrected chi connectivity index (χ4v) is 3.59. The molecule has 0 bridgehead atoms. The predicted molar refractivity (Wildman–Crippen MR) is 114 cm³/mol. The largest absolute Gasteiger partial charge is 0.385 e. The van der Waals surface area contributed by atoms with Crippen molar-refractivity contribution in [3.63, 3.8) is 0 Å². The first kappa shape index (κ1) is 19.4. The summed E-state index contributed by atoms with van der Waals surface area (Å²) in [6, 6.07) is 12.0. The molecule has 0 unspecified atom stereocenters. The first-order valence-corrected chi connectivity index (χ1v) is 10.1. The second-order valence-electron chi connectivity index (χ2n) is 7.18. The number of benzene rings is 1. The van der Waals surface area contributed by atoms with Crippen molar-refractivity contribution >= 4 is 22.5 Å². The molecule has 3 heterocycles. The number of nitrogens with zero attached hydrogens (tertiary/aromatic N) is 2. The zero-order valence-corrected chi connectivity index (χ0v) is 16.5. The third-order valence-corrected chi connectivity index (χ3v) is 5.21. The molecule has 1 saturated heterocycles. The molecule has 29 heavy (non-hydrogen) atoms. The highest BCUT2D eigenvalue weighted by Gasteiger charge is 2.12. The lowest BCUT2D eigenvalue weighted by Crippen LogP contribution is -2.41. The lowest BCUT2D eigenvalue weighted by molar-refractivity contribution is 0.0383. The number of carbonyl (C=O) groups is 1. The Hall–Kier alpha value is -2.90. The van der Waals surface area contributed by atoms with Crippen LogP contribution in [0, 0.1) is 0 Å². The molecule has 0 spiro atoms. The van der Waals surface area contributed by atoms with Crippen LogP contribution in [0.4, 0.5) is 5.69 Å². The van der Waals surface area contributed by atoms with Gasteiger partial charge in [-0.15, -0.1) is 0 Å². The number of pyridine rings is 1. The molecule has 2 aromatic heterocycles. The summed E-state index contributed by atoms with van der Waals surface area (Å²) < 4.78 is 5.34. The van der Waals surface area contributed by atoms with E-state index in [0.717, 1.165) is 57.0 Å². The minimum absolute atomic E-state index is 0.140. The number of H-pyrrole nitrogens is 1. The molecule has 1 amide bonds. The number of fused-ring (bicyclic) bond motifs is 1. The maximum atomic E-state index is 12.4. The van der Waals surface area contributed by atoms with E-state index in [0.29, 0.717) is 12.2 Å². The smallest absolute Gasteiger partial charge is 0.269 e. The number of hydrogen-bond acceptors (Lipinski definition) is 5. The number of hydrogen-bond donors (Lipinski definition) is 3. The second kappa shape index (κ2) is 9.54. The molecule has 0 atom stereocenters. The van der Waals surface area contributed by atoms with E-state index in [1.165, 1.54) is 10.9 Å². The van der Waals surface area contributed by atoms with Crippen LogP contribution in [0.2, 0.25) is 0 Å². The first-order chi connectivity index (χ1) is 14.3. The van der Waals surface area contributed by atoms with Crippen LogP contribution in [-0.2, 0) is 11.2 Å². The van der Waals surface area contributed by atoms with Gasteiger partial charge in [0.05, 0.1) is 13.2 Å². The number of morpholine rings is 1. The summed E-state index contributed by atoms with van der Waals surface area (Å²) in [6.45, 7) is 5.60. The van der Waals surface area contributed by atoms with E-state index in [2.05, 4.69) is 49.9 Å². The van der Waals surface area contributed by atoms with Crippen LogP contribution in [0.5, 0.6) is 0 Å².